The maximum Gasteiger partial charge on any atom is 0.257 e. The zero-order chi connectivity index (χ0) is 20.1. The van der Waals surface area contributed by atoms with Gasteiger partial charge < -0.3 is 10.0 Å². The maximum atomic E-state index is 13.1. The number of carbonyl (C=O) groups is 1. The number of hydrogen-bond acceptors (Lipinski definition) is 5. The SMILES string of the molecule is CCN(CCc1cccc(C(C)(C)O)n1)C(=O)c1cccnc1-n1cccn1. The summed E-state index contributed by atoms with van der Waals surface area (Å²) in [6, 6.07) is 10.9. The van der Waals surface area contributed by atoms with Crippen LogP contribution in [0.5, 0.6) is 0 Å². The molecular formula is C21H25N5O2. The van der Waals surface area contributed by atoms with Crippen molar-refractivity contribution in [3.63, 3.8) is 0 Å². The first-order valence-corrected chi connectivity index (χ1v) is 9.33. The molecule has 0 fully saturated rings. The van der Waals surface area contributed by atoms with Gasteiger partial charge >= 0.3 is 0 Å². The fraction of sp³-hybridized carbons (Fsp3) is 0.333. The van der Waals surface area contributed by atoms with Crippen LogP contribution in [0.1, 0.15) is 42.5 Å². The molecule has 3 heterocycles. The molecule has 0 spiro atoms. The molecule has 0 unspecified atom stereocenters. The van der Waals surface area contributed by atoms with Crippen LogP contribution in [0.4, 0.5) is 0 Å². The molecule has 0 aromatic carbocycles. The zero-order valence-corrected chi connectivity index (χ0v) is 16.4. The van der Waals surface area contributed by atoms with E-state index in [1.54, 1.807) is 66.3 Å². The molecule has 0 saturated carbocycles. The van der Waals surface area contributed by atoms with E-state index in [1.807, 2.05) is 19.1 Å². The highest BCUT2D eigenvalue weighted by molar-refractivity contribution is 5.97. The topological polar surface area (TPSA) is 84.1 Å². The minimum absolute atomic E-state index is 0.0975. The van der Waals surface area contributed by atoms with Gasteiger partial charge in [0, 0.05) is 43.8 Å². The van der Waals surface area contributed by atoms with Gasteiger partial charge in [-0.05, 0) is 51.1 Å². The van der Waals surface area contributed by atoms with Crippen molar-refractivity contribution in [1.82, 2.24) is 24.6 Å². The molecule has 7 heteroatoms. The largest absolute Gasteiger partial charge is 0.384 e. The molecule has 0 atom stereocenters. The highest BCUT2D eigenvalue weighted by Crippen LogP contribution is 2.18. The summed E-state index contributed by atoms with van der Waals surface area (Å²) >= 11 is 0. The van der Waals surface area contributed by atoms with Crippen molar-refractivity contribution >= 4 is 5.91 Å². The van der Waals surface area contributed by atoms with Crippen molar-refractivity contribution in [2.75, 3.05) is 13.1 Å². The fourth-order valence-corrected chi connectivity index (χ4v) is 2.92. The summed E-state index contributed by atoms with van der Waals surface area (Å²) in [5.41, 5.74) is 0.966. The summed E-state index contributed by atoms with van der Waals surface area (Å²) in [4.78, 5) is 23.7. The van der Waals surface area contributed by atoms with E-state index in [0.717, 1.165) is 5.69 Å². The lowest BCUT2D eigenvalue weighted by atomic mass is 10.0. The van der Waals surface area contributed by atoms with Gasteiger partial charge in [-0.1, -0.05) is 6.07 Å². The lowest BCUT2D eigenvalue weighted by molar-refractivity contribution is 0.0728. The van der Waals surface area contributed by atoms with Crippen LogP contribution in [-0.4, -0.2) is 48.8 Å². The second kappa shape index (κ2) is 8.31. The third kappa shape index (κ3) is 4.43. The van der Waals surface area contributed by atoms with E-state index in [9.17, 15) is 9.90 Å². The molecular weight excluding hydrogens is 354 g/mol. The predicted molar refractivity (Wildman–Crippen MR) is 106 cm³/mol. The zero-order valence-electron chi connectivity index (χ0n) is 16.4. The highest BCUT2D eigenvalue weighted by atomic mass is 16.3. The van der Waals surface area contributed by atoms with Gasteiger partial charge in [-0.2, -0.15) is 5.10 Å². The minimum Gasteiger partial charge on any atom is -0.384 e. The van der Waals surface area contributed by atoms with E-state index < -0.39 is 5.60 Å². The van der Waals surface area contributed by atoms with Crippen molar-refractivity contribution in [2.45, 2.75) is 32.8 Å². The molecule has 0 saturated heterocycles. The molecule has 1 amide bonds. The number of amides is 1. The Balaban J connectivity index is 1.77. The maximum absolute atomic E-state index is 13.1. The Bertz CT molecular complexity index is 932. The Labute approximate surface area is 164 Å². The molecule has 0 aliphatic rings. The summed E-state index contributed by atoms with van der Waals surface area (Å²) in [5.74, 6) is 0.415. The van der Waals surface area contributed by atoms with Gasteiger partial charge in [0.05, 0.1) is 11.3 Å². The first kappa shape index (κ1) is 19.7. The van der Waals surface area contributed by atoms with Gasteiger partial charge in [0.2, 0.25) is 0 Å². The van der Waals surface area contributed by atoms with Crippen LogP contribution < -0.4 is 0 Å². The Morgan fingerprint density at radius 1 is 1.18 bits per heavy atom. The monoisotopic (exact) mass is 379 g/mol. The number of aliphatic hydroxyl groups is 1. The Hall–Kier alpha value is -3.06. The number of hydrogen-bond donors (Lipinski definition) is 1. The molecule has 0 aliphatic carbocycles. The molecule has 3 aromatic heterocycles. The van der Waals surface area contributed by atoms with Gasteiger partial charge in [-0.15, -0.1) is 0 Å². The van der Waals surface area contributed by atoms with Gasteiger partial charge in [0.1, 0.15) is 5.60 Å². The van der Waals surface area contributed by atoms with Crippen molar-refractivity contribution in [3.8, 4) is 5.82 Å². The Kier molecular flexibility index (Phi) is 5.84. The fourth-order valence-electron chi connectivity index (χ4n) is 2.92. The van der Waals surface area contributed by atoms with Gasteiger partial charge in [-0.25, -0.2) is 9.67 Å². The summed E-state index contributed by atoms with van der Waals surface area (Å²) in [6.45, 7) is 6.45. The lowest BCUT2D eigenvalue weighted by Gasteiger charge is -2.22. The van der Waals surface area contributed by atoms with Crippen molar-refractivity contribution < 1.29 is 9.90 Å². The number of likely N-dealkylation sites (N-methyl/N-ethyl adjacent to an activating group) is 1. The summed E-state index contributed by atoms with van der Waals surface area (Å²) in [7, 11) is 0. The summed E-state index contributed by atoms with van der Waals surface area (Å²) in [5, 5.41) is 14.3. The highest BCUT2D eigenvalue weighted by Gasteiger charge is 2.21. The molecule has 28 heavy (non-hydrogen) atoms. The van der Waals surface area contributed by atoms with E-state index in [2.05, 4.69) is 15.1 Å². The predicted octanol–water partition coefficient (Wildman–Crippen LogP) is 2.59. The van der Waals surface area contributed by atoms with E-state index in [4.69, 9.17) is 0 Å². The quantitative estimate of drug-likeness (QED) is 0.682. The molecule has 3 rings (SSSR count). The van der Waals surface area contributed by atoms with Crippen LogP contribution in [0.15, 0.2) is 55.0 Å². The van der Waals surface area contributed by atoms with Crippen LogP contribution >= 0.6 is 0 Å². The van der Waals surface area contributed by atoms with E-state index in [1.165, 1.54) is 0 Å². The normalized spacial score (nSPS) is 11.4. The van der Waals surface area contributed by atoms with Crippen molar-refractivity contribution in [1.29, 1.82) is 0 Å². The Morgan fingerprint density at radius 3 is 2.68 bits per heavy atom. The first-order chi connectivity index (χ1) is 13.4. The first-order valence-electron chi connectivity index (χ1n) is 9.33. The number of pyridine rings is 2. The van der Waals surface area contributed by atoms with Crippen molar-refractivity contribution in [3.05, 3.63) is 71.9 Å². The Morgan fingerprint density at radius 2 is 2.00 bits per heavy atom. The van der Waals surface area contributed by atoms with Gasteiger partial charge in [0.25, 0.3) is 5.91 Å². The van der Waals surface area contributed by atoms with Gasteiger partial charge in [0.15, 0.2) is 5.82 Å². The average Bonchev–Trinajstić information content (AvgIpc) is 3.22. The number of aromatic nitrogens is 4. The van der Waals surface area contributed by atoms with Crippen LogP contribution in [-0.2, 0) is 12.0 Å². The van der Waals surface area contributed by atoms with Crippen LogP contribution in [0.3, 0.4) is 0 Å². The lowest BCUT2D eigenvalue weighted by Crippen LogP contribution is -2.34. The molecule has 7 nitrogen and oxygen atoms in total. The molecule has 0 radical (unpaired) electrons. The summed E-state index contributed by atoms with van der Waals surface area (Å²) < 4.78 is 1.59. The molecule has 146 valence electrons. The third-order valence-corrected chi connectivity index (χ3v) is 4.48. The molecule has 1 N–H and O–H groups in total. The number of nitrogens with zero attached hydrogens (tertiary/aromatic N) is 5. The number of rotatable bonds is 7. The van der Waals surface area contributed by atoms with Crippen molar-refractivity contribution in [2.24, 2.45) is 0 Å². The second-order valence-corrected chi connectivity index (χ2v) is 7.03. The molecule has 0 aliphatic heterocycles. The summed E-state index contributed by atoms with van der Waals surface area (Å²) in [6.07, 6.45) is 5.67. The molecule has 0 bridgehead atoms. The van der Waals surface area contributed by atoms with Gasteiger partial charge in [-0.3, -0.25) is 9.78 Å². The molecule has 3 aromatic rings. The van der Waals surface area contributed by atoms with E-state index >= 15 is 0 Å². The third-order valence-electron chi connectivity index (χ3n) is 4.48. The van der Waals surface area contributed by atoms with Crippen LogP contribution in [0.25, 0.3) is 5.82 Å². The van der Waals surface area contributed by atoms with Crippen LogP contribution in [0, 0.1) is 0 Å². The minimum atomic E-state index is -0.995. The van der Waals surface area contributed by atoms with Crippen LogP contribution in [0.2, 0.25) is 0 Å². The average molecular weight is 379 g/mol. The van der Waals surface area contributed by atoms with E-state index in [0.29, 0.717) is 36.6 Å². The van der Waals surface area contributed by atoms with E-state index in [-0.39, 0.29) is 5.91 Å². The second-order valence-electron chi connectivity index (χ2n) is 7.03. The number of carbonyl (C=O) groups excluding carboxylic acids is 1. The smallest absolute Gasteiger partial charge is 0.257 e. The standard InChI is InChI=1S/C21H25N5O2/c1-4-25(15-11-16-8-5-10-18(24-16)21(2,3)28)20(27)17-9-6-12-22-19(17)26-14-7-13-23-26/h5-10,12-14,28H,4,11,15H2,1-3H3.